The number of hydrogen-bond acceptors (Lipinski definition) is 3. The third-order valence-electron chi connectivity index (χ3n) is 2.62. The van der Waals surface area contributed by atoms with E-state index < -0.39 is 0 Å². The molecule has 2 rings (SSSR count). The Hall–Kier alpha value is -1.19. The highest BCUT2D eigenvalue weighted by Crippen LogP contribution is 2.19. The number of rotatable bonds is 2. The predicted molar refractivity (Wildman–Crippen MR) is 58.0 cm³/mol. The second-order valence-electron chi connectivity index (χ2n) is 3.74. The van der Waals surface area contributed by atoms with Gasteiger partial charge in [0.05, 0.1) is 12.7 Å². The van der Waals surface area contributed by atoms with Gasteiger partial charge in [0.2, 0.25) is 0 Å². The fraction of sp³-hybridized carbons (Fsp3) is 0.417. The van der Waals surface area contributed by atoms with Crippen LogP contribution in [0.4, 0.5) is 0 Å². The van der Waals surface area contributed by atoms with Crippen LogP contribution >= 0.6 is 0 Å². The molecule has 1 unspecified atom stereocenters. The summed E-state index contributed by atoms with van der Waals surface area (Å²) in [5.74, 6) is 0.101. The first kappa shape index (κ1) is 10.3. The zero-order chi connectivity index (χ0) is 10.7. The molecular formula is C12H15NO2. The summed E-state index contributed by atoms with van der Waals surface area (Å²) >= 11 is 0. The monoisotopic (exact) mass is 205 g/mol. The first-order valence-corrected chi connectivity index (χ1v) is 5.20. The molecule has 1 aromatic carbocycles. The van der Waals surface area contributed by atoms with E-state index in [9.17, 15) is 4.79 Å². The minimum atomic E-state index is 0.101. The van der Waals surface area contributed by atoms with E-state index in [2.05, 4.69) is 5.32 Å². The van der Waals surface area contributed by atoms with Crippen LogP contribution in [0.3, 0.4) is 0 Å². The average Bonchev–Trinajstić information content (AvgIpc) is 2.30. The lowest BCUT2D eigenvalue weighted by Gasteiger charge is -2.23. The van der Waals surface area contributed by atoms with Gasteiger partial charge in [-0.15, -0.1) is 0 Å². The molecule has 1 aliphatic heterocycles. The number of benzene rings is 1. The van der Waals surface area contributed by atoms with Crippen molar-refractivity contribution in [2.45, 2.75) is 13.0 Å². The zero-order valence-electron chi connectivity index (χ0n) is 8.82. The number of ether oxygens (including phenoxy) is 1. The van der Waals surface area contributed by atoms with Crippen molar-refractivity contribution in [2.24, 2.45) is 0 Å². The van der Waals surface area contributed by atoms with Gasteiger partial charge in [-0.3, -0.25) is 4.79 Å². The Morgan fingerprint density at radius 3 is 2.67 bits per heavy atom. The van der Waals surface area contributed by atoms with E-state index in [1.165, 1.54) is 0 Å². The van der Waals surface area contributed by atoms with Gasteiger partial charge in [-0.25, -0.2) is 0 Å². The lowest BCUT2D eigenvalue weighted by molar-refractivity contribution is 0.0277. The Labute approximate surface area is 89.4 Å². The maximum atomic E-state index is 11.1. The lowest BCUT2D eigenvalue weighted by Crippen LogP contribution is -2.33. The molecule has 3 nitrogen and oxygen atoms in total. The minimum Gasteiger partial charge on any atom is -0.371 e. The Morgan fingerprint density at radius 1 is 1.40 bits per heavy atom. The second kappa shape index (κ2) is 4.55. The molecule has 0 spiro atoms. The molecule has 1 N–H and O–H groups in total. The van der Waals surface area contributed by atoms with Gasteiger partial charge in [0, 0.05) is 18.7 Å². The highest BCUT2D eigenvalue weighted by molar-refractivity contribution is 5.94. The summed E-state index contributed by atoms with van der Waals surface area (Å²) in [6.07, 6.45) is 0.125. The van der Waals surface area contributed by atoms with Gasteiger partial charge in [-0.2, -0.15) is 0 Å². The highest BCUT2D eigenvalue weighted by Gasteiger charge is 2.15. The summed E-state index contributed by atoms with van der Waals surface area (Å²) in [6, 6.07) is 7.65. The van der Waals surface area contributed by atoms with Crippen LogP contribution in [0, 0.1) is 0 Å². The molecular weight excluding hydrogens is 190 g/mol. The van der Waals surface area contributed by atoms with Crippen LogP contribution in [0.2, 0.25) is 0 Å². The normalized spacial score (nSPS) is 21.3. The van der Waals surface area contributed by atoms with Crippen molar-refractivity contribution in [3.05, 3.63) is 35.4 Å². The molecule has 0 saturated carbocycles. The van der Waals surface area contributed by atoms with Gasteiger partial charge < -0.3 is 10.1 Å². The molecule has 1 atom stereocenters. The molecule has 0 radical (unpaired) electrons. The summed E-state index contributed by atoms with van der Waals surface area (Å²) in [4.78, 5) is 11.1. The Kier molecular flexibility index (Phi) is 3.14. The fourth-order valence-corrected chi connectivity index (χ4v) is 1.71. The molecule has 1 saturated heterocycles. The molecule has 1 aromatic rings. The Bertz CT molecular complexity index is 339. The van der Waals surface area contributed by atoms with E-state index in [1.807, 2.05) is 24.3 Å². The van der Waals surface area contributed by atoms with Crippen LogP contribution in [0.15, 0.2) is 24.3 Å². The quantitative estimate of drug-likeness (QED) is 0.744. The van der Waals surface area contributed by atoms with Crippen molar-refractivity contribution in [3.63, 3.8) is 0 Å². The number of morpholine rings is 1. The van der Waals surface area contributed by atoms with Gasteiger partial charge in [-0.05, 0) is 12.5 Å². The number of nitrogens with one attached hydrogen (secondary N) is 1. The Balaban J connectivity index is 2.11. The van der Waals surface area contributed by atoms with Crippen molar-refractivity contribution in [3.8, 4) is 0 Å². The molecule has 0 bridgehead atoms. The van der Waals surface area contributed by atoms with E-state index in [1.54, 1.807) is 6.92 Å². The molecule has 0 aliphatic carbocycles. The lowest BCUT2D eigenvalue weighted by atomic mass is 10.0. The van der Waals surface area contributed by atoms with E-state index in [-0.39, 0.29) is 11.9 Å². The van der Waals surface area contributed by atoms with Crippen LogP contribution < -0.4 is 5.32 Å². The SMILES string of the molecule is CC(=O)c1ccc(C2CNCCO2)cc1. The molecule has 0 amide bonds. The first-order valence-electron chi connectivity index (χ1n) is 5.20. The Morgan fingerprint density at radius 2 is 2.13 bits per heavy atom. The van der Waals surface area contributed by atoms with Crippen LogP contribution in [0.5, 0.6) is 0 Å². The van der Waals surface area contributed by atoms with Crippen LogP contribution in [-0.4, -0.2) is 25.5 Å². The number of Topliss-reactive ketones (excluding diaryl/α,β-unsaturated/α-hetero) is 1. The number of hydrogen-bond donors (Lipinski definition) is 1. The first-order chi connectivity index (χ1) is 7.27. The fourth-order valence-electron chi connectivity index (χ4n) is 1.71. The van der Waals surface area contributed by atoms with Gasteiger partial charge in [0.1, 0.15) is 0 Å². The third-order valence-corrected chi connectivity index (χ3v) is 2.62. The number of carbonyl (C=O) groups excluding carboxylic acids is 1. The molecule has 1 heterocycles. The van der Waals surface area contributed by atoms with E-state index in [0.29, 0.717) is 0 Å². The number of carbonyl (C=O) groups is 1. The number of ketones is 1. The van der Waals surface area contributed by atoms with E-state index in [4.69, 9.17) is 4.74 Å². The van der Waals surface area contributed by atoms with Crippen LogP contribution in [0.25, 0.3) is 0 Å². The summed E-state index contributed by atoms with van der Waals surface area (Å²) in [5, 5.41) is 3.28. The maximum absolute atomic E-state index is 11.1. The summed E-state index contributed by atoms with van der Waals surface area (Å²) < 4.78 is 5.62. The predicted octanol–water partition coefficient (Wildman–Crippen LogP) is 1.55. The maximum Gasteiger partial charge on any atom is 0.159 e. The van der Waals surface area contributed by atoms with Gasteiger partial charge in [0.25, 0.3) is 0 Å². The van der Waals surface area contributed by atoms with Gasteiger partial charge >= 0.3 is 0 Å². The van der Waals surface area contributed by atoms with Gasteiger partial charge in [-0.1, -0.05) is 24.3 Å². The van der Waals surface area contributed by atoms with E-state index in [0.717, 1.165) is 30.8 Å². The zero-order valence-corrected chi connectivity index (χ0v) is 8.82. The van der Waals surface area contributed by atoms with Crippen molar-refractivity contribution in [1.82, 2.24) is 5.32 Å². The third kappa shape index (κ3) is 2.43. The summed E-state index contributed by atoms with van der Waals surface area (Å²) in [7, 11) is 0. The standard InChI is InChI=1S/C12H15NO2/c1-9(14)10-2-4-11(5-3-10)12-8-13-6-7-15-12/h2-5,12-13H,6-8H2,1H3. The topological polar surface area (TPSA) is 38.3 Å². The average molecular weight is 205 g/mol. The van der Waals surface area contributed by atoms with Crippen LogP contribution in [-0.2, 0) is 4.74 Å². The van der Waals surface area contributed by atoms with Crippen molar-refractivity contribution < 1.29 is 9.53 Å². The smallest absolute Gasteiger partial charge is 0.159 e. The summed E-state index contributed by atoms with van der Waals surface area (Å²) in [6.45, 7) is 4.09. The molecule has 0 aromatic heterocycles. The second-order valence-corrected chi connectivity index (χ2v) is 3.74. The highest BCUT2D eigenvalue weighted by atomic mass is 16.5. The van der Waals surface area contributed by atoms with Crippen molar-refractivity contribution >= 4 is 5.78 Å². The van der Waals surface area contributed by atoms with Crippen molar-refractivity contribution in [1.29, 1.82) is 0 Å². The molecule has 1 fully saturated rings. The molecule has 15 heavy (non-hydrogen) atoms. The van der Waals surface area contributed by atoms with Crippen LogP contribution in [0.1, 0.15) is 28.9 Å². The largest absolute Gasteiger partial charge is 0.371 e. The molecule has 80 valence electrons. The minimum absolute atomic E-state index is 0.101. The van der Waals surface area contributed by atoms with E-state index >= 15 is 0 Å². The molecule has 1 aliphatic rings. The van der Waals surface area contributed by atoms with Crippen molar-refractivity contribution in [2.75, 3.05) is 19.7 Å². The molecule has 3 heteroatoms. The summed E-state index contributed by atoms with van der Waals surface area (Å²) in [5.41, 5.74) is 1.88. The van der Waals surface area contributed by atoms with Gasteiger partial charge in [0.15, 0.2) is 5.78 Å².